The Balaban J connectivity index is 1.78. The molecule has 4 rings (SSSR count). The van der Waals surface area contributed by atoms with E-state index in [1.165, 1.54) is 0 Å². The minimum Gasteiger partial charge on any atom is -0.461 e. The van der Waals surface area contributed by atoms with Crippen molar-refractivity contribution in [3.8, 4) is 0 Å². The second-order valence-corrected chi connectivity index (χ2v) is 6.96. The average molecular weight is 379 g/mol. The summed E-state index contributed by atoms with van der Waals surface area (Å²) in [7, 11) is 0. The lowest BCUT2D eigenvalue weighted by molar-refractivity contribution is 0.0512. The molecule has 0 spiro atoms. The van der Waals surface area contributed by atoms with Crippen LogP contribution in [-0.2, 0) is 11.3 Å². The number of carbonyl (C=O) groups excluding carboxylic acids is 2. The monoisotopic (exact) mass is 379 g/mol. The Kier molecular flexibility index (Phi) is 4.81. The van der Waals surface area contributed by atoms with Crippen molar-refractivity contribution >= 4 is 11.8 Å². The number of nitrogens with zero attached hydrogens (tertiary/aromatic N) is 3. The molecule has 2 aromatic heterocycles. The van der Waals surface area contributed by atoms with E-state index in [-0.39, 0.29) is 29.6 Å². The lowest BCUT2D eigenvalue weighted by Gasteiger charge is -2.11. The molecule has 0 radical (unpaired) electrons. The molecule has 0 unspecified atom stereocenters. The summed E-state index contributed by atoms with van der Waals surface area (Å²) in [4.78, 5) is 25.9. The van der Waals surface area contributed by atoms with Crippen molar-refractivity contribution in [3.05, 3.63) is 70.4 Å². The van der Waals surface area contributed by atoms with Crippen LogP contribution in [0.2, 0.25) is 0 Å². The van der Waals surface area contributed by atoms with Crippen LogP contribution in [0.3, 0.4) is 0 Å². The molecule has 0 N–H and O–H groups in total. The van der Waals surface area contributed by atoms with Crippen LogP contribution in [0.4, 0.5) is 0 Å². The van der Waals surface area contributed by atoms with E-state index in [1.807, 2.05) is 31.3 Å². The quantitative estimate of drug-likeness (QED) is 0.461. The van der Waals surface area contributed by atoms with Gasteiger partial charge in [0, 0.05) is 23.9 Å². The van der Waals surface area contributed by atoms with Crippen molar-refractivity contribution in [3.63, 3.8) is 0 Å². The molecular formula is C21H21N3O4. The van der Waals surface area contributed by atoms with Crippen LogP contribution < -0.4 is 0 Å². The zero-order chi connectivity index (χ0) is 19.7. The summed E-state index contributed by atoms with van der Waals surface area (Å²) in [6.45, 7) is 4.34. The van der Waals surface area contributed by atoms with Crippen molar-refractivity contribution in [2.75, 3.05) is 6.61 Å². The van der Waals surface area contributed by atoms with Gasteiger partial charge in [-0.3, -0.25) is 9.48 Å². The van der Waals surface area contributed by atoms with Crippen LogP contribution in [0.25, 0.3) is 0 Å². The molecule has 144 valence electrons. The van der Waals surface area contributed by atoms with Crippen LogP contribution >= 0.6 is 0 Å². The van der Waals surface area contributed by atoms with E-state index < -0.39 is 5.97 Å². The Labute approximate surface area is 162 Å². The molecule has 0 bridgehead atoms. The van der Waals surface area contributed by atoms with Crippen molar-refractivity contribution in [1.29, 1.82) is 0 Å². The van der Waals surface area contributed by atoms with Gasteiger partial charge in [0.15, 0.2) is 11.5 Å². The zero-order valence-electron chi connectivity index (χ0n) is 15.8. The summed E-state index contributed by atoms with van der Waals surface area (Å²) in [5.74, 6) is -0.288. The van der Waals surface area contributed by atoms with E-state index in [9.17, 15) is 9.59 Å². The molecule has 0 amide bonds. The molecule has 1 aliphatic carbocycles. The first-order valence-corrected chi connectivity index (χ1v) is 9.36. The first kappa shape index (κ1) is 18.2. The van der Waals surface area contributed by atoms with Crippen LogP contribution in [0, 0.1) is 6.92 Å². The second-order valence-electron chi connectivity index (χ2n) is 6.96. The molecule has 1 aliphatic rings. The fraction of sp³-hybridized carbons (Fsp3) is 0.333. The highest BCUT2D eigenvalue weighted by Gasteiger charge is 2.38. The summed E-state index contributed by atoms with van der Waals surface area (Å²) in [5, 5.41) is 8.11. The molecule has 0 atom stereocenters. The molecule has 7 nitrogen and oxygen atoms in total. The predicted molar refractivity (Wildman–Crippen MR) is 100 cm³/mol. The summed E-state index contributed by atoms with van der Waals surface area (Å²) in [6, 6.07) is 7.47. The molecule has 1 saturated carbocycles. The highest BCUT2D eigenvalue weighted by molar-refractivity contribution is 6.15. The van der Waals surface area contributed by atoms with E-state index in [4.69, 9.17) is 9.26 Å². The summed E-state index contributed by atoms with van der Waals surface area (Å²) in [6.07, 6.45) is 5.38. The highest BCUT2D eigenvalue weighted by Crippen LogP contribution is 2.43. The number of aryl methyl sites for hydroxylation is 1. The highest BCUT2D eigenvalue weighted by atomic mass is 16.5. The van der Waals surface area contributed by atoms with Gasteiger partial charge >= 0.3 is 5.97 Å². The molecule has 1 fully saturated rings. The minimum atomic E-state index is -0.637. The Bertz CT molecular complexity index is 1020. The molecule has 0 saturated heterocycles. The van der Waals surface area contributed by atoms with Gasteiger partial charge in [-0.25, -0.2) is 4.79 Å². The molecule has 3 aromatic rings. The van der Waals surface area contributed by atoms with E-state index in [0.29, 0.717) is 17.9 Å². The molecule has 0 aliphatic heterocycles. The number of aromatic nitrogens is 3. The van der Waals surface area contributed by atoms with Gasteiger partial charge in [0.1, 0.15) is 5.56 Å². The van der Waals surface area contributed by atoms with Gasteiger partial charge in [0.2, 0.25) is 5.69 Å². The largest absolute Gasteiger partial charge is 0.461 e. The van der Waals surface area contributed by atoms with Gasteiger partial charge in [0.05, 0.1) is 13.2 Å². The first-order chi connectivity index (χ1) is 13.6. The SMILES string of the molecule is CCOC(=O)c1noc(C2CC2)c1C(=O)c1ccc(C)cc1Cn1cccn1. The van der Waals surface area contributed by atoms with Crippen LogP contribution in [-0.4, -0.2) is 33.3 Å². The van der Waals surface area contributed by atoms with Crippen LogP contribution in [0.15, 0.2) is 41.2 Å². The average Bonchev–Trinajstić information content (AvgIpc) is 3.21. The van der Waals surface area contributed by atoms with Gasteiger partial charge in [0.25, 0.3) is 0 Å². The van der Waals surface area contributed by atoms with Gasteiger partial charge in [-0.2, -0.15) is 5.10 Å². The van der Waals surface area contributed by atoms with Crippen molar-refractivity contribution in [1.82, 2.24) is 14.9 Å². The number of benzene rings is 1. The molecule has 1 aromatic carbocycles. The summed E-state index contributed by atoms with van der Waals surface area (Å²) >= 11 is 0. The Hall–Kier alpha value is -3.22. The van der Waals surface area contributed by atoms with E-state index >= 15 is 0 Å². The van der Waals surface area contributed by atoms with Crippen molar-refractivity contribution in [2.24, 2.45) is 0 Å². The van der Waals surface area contributed by atoms with E-state index in [1.54, 1.807) is 23.9 Å². The maximum absolute atomic E-state index is 13.5. The number of hydrogen-bond acceptors (Lipinski definition) is 6. The second kappa shape index (κ2) is 7.42. The predicted octanol–water partition coefficient (Wildman–Crippen LogP) is 3.51. The molecule has 2 heterocycles. The lowest BCUT2D eigenvalue weighted by Crippen LogP contribution is -2.15. The smallest absolute Gasteiger partial charge is 0.361 e. The fourth-order valence-corrected chi connectivity index (χ4v) is 3.26. The normalized spacial score (nSPS) is 13.5. The first-order valence-electron chi connectivity index (χ1n) is 9.36. The van der Waals surface area contributed by atoms with Crippen LogP contribution in [0.1, 0.15) is 69.0 Å². The molecule has 7 heteroatoms. The third-order valence-corrected chi connectivity index (χ3v) is 4.76. The zero-order valence-corrected chi connectivity index (χ0v) is 15.8. The van der Waals surface area contributed by atoms with Gasteiger partial charge in [-0.05, 0) is 38.3 Å². The fourth-order valence-electron chi connectivity index (χ4n) is 3.26. The summed E-state index contributed by atoms with van der Waals surface area (Å²) < 4.78 is 12.2. The van der Waals surface area contributed by atoms with Gasteiger partial charge in [-0.15, -0.1) is 0 Å². The maximum atomic E-state index is 13.5. The topological polar surface area (TPSA) is 87.2 Å². The Morgan fingerprint density at radius 2 is 2.14 bits per heavy atom. The third-order valence-electron chi connectivity index (χ3n) is 4.76. The molecule has 28 heavy (non-hydrogen) atoms. The minimum absolute atomic E-state index is 0.0423. The number of ether oxygens (including phenoxy) is 1. The number of ketones is 1. The number of esters is 1. The number of hydrogen-bond donors (Lipinski definition) is 0. The maximum Gasteiger partial charge on any atom is 0.361 e. The Morgan fingerprint density at radius 3 is 2.82 bits per heavy atom. The van der Waals surface area contributed by atoms with Crippen LogP contribution in [0.5, 0.6) is 0 Å². The third kappa shape index (κ3) is 3.47. The number of rotatable bonds is 7. The lowest BCUT2D eigenvalue weighted by atomic mass is 9.94. The standard InChI is InChI=1S/C21H21N3O4/c1-3-27-21(26)18-17(20(28-23-18)14-6-7-14)19(25)16-8-5-13(2)11-15(16)12-24-10-4-9-22-24/h4-5,8-11,14H,3,6-7,12H2,1-2H3. The van der Waals surface area contributed by atoms with E-state index in [2.05, 4.69) is 10.3 Å². The van der Waals surface area contributed by atoms with Crippen molar-refractivity contribution < 1.29 is 18.8 Å². The van der Waals surface area contributed by atoms with E-state index in [0.717, 1.165) is 24.0 Å². The molecular weight excluding hydrogens is 358 g/mol. The van der Waals surface area contributed by atoms with Gasteiger partial charge < -0.3 is 9.26 Å². The number of carbonyl (C=O) groups is 2. The van der Waals surface area contributed by atoms with Crippen molar-refractivity contribution in [2.45, 2.75) is 39.2 Å². The summed E-state index contributed by atoms with van der Waals surface area (Å²) in [5.41, 5.74) is 2.56. The Morgan fingerprint density at radius 1 is 1.32 bits per heavy atom. The van der Waals surface area contributed by atoms with Gasteiger partial charge in [-0.1, -0.05) is 28.9 Å².